The highest BCUT2D eigenvalue weighted by Crippen LogP contribution is 2.14. The first-order valence-corrected chi connectivity index (χ1v) is 14.2. The van der Waals surface area contributed by atoms with Crippen LogP contribution >= 0.6 is 0 Å². The third-order valence-corrected chi connectivity index (χ3v) is 6.47. The van der Waals surface area contributed by atoms with E-state index in [9.17, 15) is 29.1 Å². The van der Waals surface area contributed by atoms with E-state index >= 15 is 0 Å². The average Bonchev–Trinajstić information content (AvgIpc) is 2.86. The largest absolute Gasteiger partial charge is 0.480 e. The molecule has 0 saturated carbocycles. The van der Waals surface area contributed by atoms with Crippen LogP contribution in [0.15, 0.2) is 0 Å². The van der Waals surface area contributed by atoms with E-state index in [0.29, 0.717) is 6.42 Å². The van der Waals surface area contributed by atoms with Gasteiger partial charge in [0, 0.05) is 19.3 Å². The predicted molar refractivity (Wildman–Crippen MR) is 143 cm³/mol. The topological polar surface area (TPSA) is 150 Å². The minimum Gasteiger partial charge on any atom is -0.480 e. The molecule has 2 amide bonds. The molecule has 37 heavy (non-hydrogen) atoms. The van der Waals surface area contributed by atoms with Gasteiger partial charge < -0.3 is 20.8 Å². The second-order valence-electron chi connectivity index (χ2n) is 9.84. The van der Waals surface area contributed by atoms with Gasteiger partial charge in [-0.25, -0.2) is 9.59 Å². The highest BCUT2D eigenvalue weighted by atomic mass is 16.4. The van der Waals surface area contributed by atoms with E-state index in [4.69, 9.17) is 5.11 Å². The van der Waals surface area contributed by atoms with E-state index in [-0.39, 0.29) is 38.0 Å². The number of amides is 2. The van der Waals surface area contributed by atoms with Gasteiger partial charge in [-0.2, -0.15) is 0 Å². The fraction of sp³-hybridized carbons (Fsp3) is 0.821. The molecule has 0 rings (SSSR count). The minimum atomic E-state index is -1.28. The van der Waals surface area contributed by atoms with Crippen molar-refractivity contribution in [2.75, 3.05) is 0 Å². The number of carboxylic acid groups (broad SMARTS) is 2. The number of hydrogen-bond acceptors (Lipinski definition) is 5. The maximum Gasteiger partial charge on any atom is 0.326 e. The summed E-state index contributed by atoms with van der Waals surface area (Å²) in [6.45, 7) is 2.24. The molecule has 0 saturated heterocycles. The van der Waals surface area contributed by atoms with Crippen LogP contribution in [0.25, 0.3) is 0 Å². The van der Waals surface area contributed by atoms with Gasteiger partial charge in [-0.3, -0.25) is 14.4 Å². The lowest BCUT2D eigenvalue weighted by Gasteiger charge is -2.16. The van der Waals surface area contributed by atoms with E-state index in [1.807, 2.05) is 0 Å². The SMILES string of the molecule is CCCCCCCCCCCCCCCCCC(=O)N[C@@H](CCC(=O)N[C@@H](CC[C]=O)C(=O)O)C(=O)O. The van der Waals surface area contributed by atoms with Gasteiger partial charge in [0.25, 0.3) is 0 Å². The molecule has 0 fully saturated rings. The number of aliphatic carboxylic acids is 2. The van der Waals surface area contributed by atoms with Crippen LogP contribution in [0.4, 0.5) is 0 Å². The molecule has 0 heterocycles. The number of unbranched alkanes of at least 4 members (excludes halogenated alkanes) is 14. The van der Waals surface area contributed by atoms with Gasteiger partial charge in [0.2, 0.25) is 11.8 Å². The molecule has 0 aliphatic rings. The lowest BCUT2D eigenvalue weighted by molar-refractivity contribution is -0.143. The molecule has 0 unspecified atom stereocenters. The van der Waals surface area contributed by atoms with Crippen molar-refractivity contribution in [1.82, 2.24) is 10.6 Å². The minimum absolute atomic E-state index is 0.0943. The number of carbonyl (C=O) groups excluding carboxylic acids is 3. The fourth-order valence-corrected chi connectivity index (χ4v) is 4.18. The summed E-state index contributed by atoms with van der Waals surface area (Å²) in [5.74, 6) is -3.55. The van der Waals surface area contributed by atoms with Crippen molar-refractivity contribution in [3.8, 4) is 0 Å². The first-order chi connectivity index (χ1) is 17.8. The monoisotopic (exact) mass is 525 g/mol. The normalized spacial score (nSPS) is 12.5. The van der Waals surface area contributed by atoms with Crippen LogP contribution in [0.1, 0.15) is 135 Å². The predicted octanol–water partition coefficient (Wildman–Crippen LogP) is 5.06. The van der Waals surface area contributed by atoms with Crippen molar-refractivity contribution in [2.24, 2.45) is 0 Å². The Labute approximate surface area is 222 Å². The van der Waals surface area contributed by atoms with Gasteiger partial charge in [0.15, 0.2) is 6.29 Å². The first-order valence-electron chi connectivity index (χ1n) is 14.2. The summed E-state index contributed by atoms with van der Waals surface area (Å²) >= 11 is 0. The molecule has 0 spiro atoms. The van der Waals surface area contributed by atoms with Crippen LogP contribution in [0, 0.1) is 0 Å². The standard InChI is InChI=1S/C28H49N2O7/c1-2-3-4-5-6-7-8-9-10-11-12-13-14-15-16-19-25(32)30-24(28(36)37)20-21-26(33)29-23(27(34)35)18-17-22-31/h23-24H,2-21H2,1H3,(H,29,33)(H,30,32)(H,34,35)(H,36,37)/t23-,24-/m0/s1. The smallest absolute Gasteiger partial charge is 0.326 e. The molecule has 0 aliphatic heterocycles. The summed E-state index contributed by atoms with van der Waals surface area (Å²) in [6.07, 6.45) is 19.5. The third-order valence-electron chi connectivity index (χ3n) is 6.47. The van der Waals surface area contributed by atoms with Crippen LogP contribution in [0.2, 0.25) is 0 Å². The Morgan fingerprint density at radius 3 is 1.38 bits per heavy atom. The zero-order valence-corrected chi connectivity index (χ0v) is 22.7. The van der Waals surface area contributed by atoms with Gasteiger partial charge >= 0.3 is 11.9 Å². The van der Waals surface area contributed by atoms with Crippen molar-refractivity contribution in [3.05, 3.63) is 0 Å². The van der Waals surface area contributed by atoms with Gasteiger partial charge in [-0.1, -0.05) is 96.8 Å². The Morgan fingerprint density at radius 1 is 0.595 bits per heavy atom. The van der Waals surface area contributed by atoms with Crippen molar-refractivity contribution in [3.63, 3.8) is 0 Å². The van der Waals surface area contributed by atoms with E-state index in [2.05, 4.69) is 17.6 Å². The van der Waals surface area contributed by atoms with Gasteiger partial charge in [-0.15, -0.1) is 0 Å². The lowest BCUT2D eigenvalue weighted by atomic mass is 10.0. The van der Waals surface area contributed by atoms with E-state index in [1.165, 1.54) is 70.6 Å². The van der Waals surface area contributed by atoms with Crippen molar-refractivity contribution in [2.45, 2.75) is 147 Å². The van der Waals surface area contributed by atoms with Crippen LogP contribution in [0.3, 0.4) is 0 Å². The number of hydrogen-bond donors (Lipinski definition) is 4. The third kappa shape index (κ3) is 21.4. The van der Waals surface area contributed by atoms with Crippen molar-refractivity contribution < 1.29 is 34.2 Å². The van der Waals surface area contributed by atoms with Crippen LogP contribution in [-0.2, 0) is 24.0 Å². The molecule has 0 aliphatic carbocycles. The maximum atomic E-state index is 12.1. The zero-order valence-electron chi connectivity index (χ0n) is 22.7. The van der Waals surface area contributed by atoms with E-state index in [1.54, 1.807) is 6.29 Å². The van der Waals surface area contributed by atoms with Crippen molar-refractivity contribution >= 4 is 30.0 Å². The summed E-state index contributed by atoms with van der Waals surface area (Å²) in [5, 5.41) is 23.1. The molecule has 0 aromatic carbocycles. The van der Waals surface area contributed by atoms with Gasteiger partial charge in [-0.05, 0) is 19.3 Å². The van der Waals surface area contributed by atoms with Crippen LogP contribution < -0.4 is 10.6 Å². The summed E-state index contributed by atoms with van der Waals surface area (Å²) in [4.78, 5) is 57.0. The number of rotatable bonds is 26. The second kappa shape index (κ2) is 23.9. The molecule has 0 bridgehead atoms. The summed E-state index contributed by atoms with van der Waals surface area (Å²) in [7, 11) is 0. The number of nitrogens with one attached hydrogen (secondary N) is 2. The molecule has 1 radical (unpaired) electrons. The molecule has 0 aromatic rings. The Balaban J connectivity index is 3.88. The zero-order chi connectivity index (χ0) is 27.7. The summed E-state index contributed by atoms with van der Waals surface area (Å²) in [5.41, 5.74) is 0. The summed E-state index contributed by atoms with van der Waals surface area (Å²) < 4.78 is 0. The Morgan fingerprint density at radius 2 is 0.973 bits per heavy atom. The van der Waals surface area contributed by atoms with Crippen LogP contribution in [0.5, 0.6) is 0 Å². The molecule has 2 atom stereocenters. The molecule has 9 heteroatoms. The fourth-order valence-electron chi connectivity index (χ4n) is 4.18. The number of carbonyl (C=O) groups is 4. The first kappa shape index (κ1) is 34.6. The molecule has 4 N–H and O–H groups in total. The Bertz CT molecular complexity index is 654. The van der Waals surface area contributed by atoms with Gasteiger partial charge in [0.05, 0.1) is 0 Å². The van der Waals surface area contributed by atoms with E-state index in [0.717, 1.165) is 19.3 Å². The maximum absolute atomic E-state index is 12.1. The highest BCUT2D eigenvalue weighted by Gasteiger charge is 2.23. The molecular weight excluding hydrogens is 476 g/mol. The second-order valence-corrected chi connectivity index (χ2v) is 9.84. The van der Waals surface area contributed by atoms with Gasteiger partial charge in [0.1, 0.15) is 12.1 Å². The van der Waals surface area contributed by atoms with Crippen LogP contribution in [-0.4, -0.2) is 52.3 Å². The lowest BCUT2D eigenvalue weighted by Crippen LogP contribution is -2.43. The summed E-state index contributed by atoms with van der Waals surface area (Å²) in [6, 6.07) is -2.46. The van der Waals surface area contributed by atoms with E-state index < -0.39 is 29.9 Å². The average molecular weight is 526 g/mol. The Hall–Kier alpha value is -2.45. The highest BCUT2D eigenvalue weighted by molar-refractivity contribution is 5.86. The molecule has 9 nitrogen and oxygen atoms in total. The Kier molecular flexibility index (Phi) is 22.3. The quantitative estimate of drug-likeness (QED) is 0.115. The van der Waals surface area contributed by atoms with Crippen molar-refractivity contribution in [1.29, 1.82) is 0 Å². The number of carboxylic acids is 2. The molecule has 0 aromatic heterocycles. The molecular formula is C28H49N2O7. The molecule has 213 valence electrons.